The van der Waals surface area contributed by atoms with Crippen molar-refractivity contribution in [1.82, 2.24) is 20.1 Å². The van der Waals surface area contributed by atoms with Crippen LogP contribution in [0.1, 0.15) is 23.3 Å². The van der Waals surface area contributed by atoms with Crippen LogP contribution in [0.5, 0.6) is 0 Å². The fraction of sp³-hybridized carbons (Fsp3) is 0.375. The highest BCUT2D eigenvalue weighted by Crippen LogP contribution is 2.18. The molecule has 0 spiro atoms. The molecule has 2 atom stereocenters. The van der Waals surface area contributed by atoms with E-state index in [1.165, 1.54) is 6.20 Å². The Hall–Kier alpha value is -2.74. The Morgan fingerprint density at radius 1 is 1.42 bits per heavy atom. The van der Waals surface area contributed by atoms with Crippen molar-refractivity contribution < 1.29 is 19.4 Å². The maximum atomic E-state index is 12.4. The van der Waals surface area contributed by atoms with Gasteiger partial charge in [0.2, 0.25) is 0 Å². The van der Waals surface area contributed by atoms with Crippen LogP contribution in [0.2, 0.25) is 0 Å². The van der Waals surface area contributed by atoms with E-state index < -0.39 is 17.9 Å². The third-order valence-corrected chi connectivity index (χ3v) is 3.96. The Kier molecular flexibility index (Phi) is 4.85. The molecule has 0 bridgehead atoms. The first-order valence-electron chi connectivity index (χ1n) is 7.72. The number of hydrogen-bond donors (Lipinski definition) is 2. The molecule has 24 heavy (non-hydrogen) atoms. The molecule has 2 unspecified atom stereocenters. The van der Waals surface area contributed by atoms with E-state index in [0.29, 0.717) is 25.3 Å². The van der Waals surface area contributed by atoms with Crippen LogP contribution in [-0.4, -0.2) is 51.0 Å². The largest absolute Gasteiger partial charge is 0.480 e. The summed E-state index contributed by atoms with van der Waals surface area (Å²) in [6.45, 7) is 0.961. The molecule has 1 saturated heterocycles. The Morgan fingerprint density at radius 2 is 2.29 bits per heavy atom. The van der Waals surface area contributed by atoms with Crippen molar-refractivity contribution in [2.75, 3.05) is 13.2 Å². The van der Waals surface area contributed by atoms with Gasteiger partial charge >= 0.3 is 5.97 Å². The lowest BCUT2D eigenvalue weighted by molar-refractivity contribution is -0.142. The first kappa shape index (κ1) is 16.1. The number of carboxylic acid groups (broad SMARTS) is 1. The number of hydrogen-bond acceptors (Lipinski definition) is 5. The van der Waals surface area contributed by atoms with Gasteiger partial charge in [-0.1, -0.05) is 0 Å². The first-order valence-corrected chi connectivity index (χ1v) is 7.72. The van der Waals surface area contributed by atoms with E-state index in [-0.39, 0.29) is 11.6 Å². The number of carbonyl (C=O) groups is 2. The predicted molar refractivity (Wildman–Crippen MR) is 83.8 cm³/mol. The number of pyridine rings is 1. The first-order chi connectivity index (χ1) is 11.6. The lowest BCUT2D eigenvalue weighted by Gasteiger charge is -2.27. The van der Waals surface area contributed by atoms with Crippen molar-refractivity contribution in [3.63, 3.8) is 0 Å². The summed E-state index contributed by atoms with van der Waals surface area (Å²) in [6, 6.07) is 4.06. The molecule has 1 aliphatic heterocycles. The van der Waals surface area contributed by atoms with Gasteiger partial charge < -0.3 is 15.2 Å². The van der Waals surface area contributed by atoms with E-state index in [1.54, 1.807) is 35.3 Å². The summed E-state index contributed by atoms with van der Waals surface area (Å²) in [7, 11) is 0. The molecule has 8 heteroatoms. The summed E-state index contributed by atoms with van der Waals surface area (Å²) in [5.41, 5.74) is 0.819. The third kappa shape index (κ3) is 3.60. The van der Waals surface area contributed by atoms with Crippen LogP contribution in [0.15, 0.2) is 36.8 Å². The standard InChI is InChI=1S/C16H18N4O4/c21-15(19-14(16(22)23)11-3-1-8-24-10-11)13-9-12(4-6-17-13)20-7-2-5-18-20/h2,4-7,9,11,14H,1,3,8,10H2,(H,19,21)(H,22,23). The van der Waals surface area contributed by atoms with Crippen LogP contribution in [0, 0.1) is 5.92 Å². The van der Waals surface area contributed by atoms with E-state index >= 15 is 0 Å². The monoisotopic (exact) mass is 330 g/mol. The van der Waals surface area contributed by atoms with Crippen LogP contribution in [0.3, 0.4) is 0 Å². The summed E-state index contributed by atoms with van der Waals surface area (Å²) in [4.78, 5) is 28.0. The molecule has 1 fully saturated rings. The molecule has 0 aliphatic carbocycles. The Morgan fingerprint density at radius 3 is 2.96 bits per heavy atom. The zero-order chi connectivity index (χ0) is 16.9. The van der Waals surface area contributed by atoms with E-state index in [4.69, 9.17) is 4.74 Å². The van der Waals surface area contributed by atoms with Gasteiger partial charge in [0.05, 0.1) is 12.3 Å². The van der Waals surface area contributed by atoms with Gasteiger partial charge in [0.1, 0.15) is 11.7 Å². The number of carboxylic acids is 1. The molecule has 2 N–H and O–H groups in total. The fourth-order valence-corrected chi connectivity index (χ4v) is 2.73. The van der Waals surface area contributed by atoms with Gasteiger partial charge in [-0.3, -0.25) is 9.78 Å². The number of amides is 1. The molecule has 8 nitrogen and oxygen atoms in total. The number of nitrogens with zero attached hydrogens (tertiary/aromatic N) is 3. The van der Waals surface area contributed by atoms with Crippen molar-refractivity contribution in [1.29, 1.82) is 0 Å². The molecular weight excluding hydrogens is 312 g/mol. The van der Waals surface area contributed by atoms with Crippen LogP contribution in [-0.2, 0) is 9.53 Å². The van der Waals surface area contributed by atoms with Crippen LogP contribution in [0.25, 0.3) is 5.69 Å². The molecule has 1 amide bonds. The highest BCUT2D eigenvalue weighted by molar-refractivity contribution is 5.95. The second kappa shape index (κ2) is 7.22. The summed E-state index contributed by atoms with van der Waals surface area (Å²) in [5.74, 6) is -1.83. The van der Waals surface area contributed by atoms with Gasteiger partial charge in [-0.2, -0.15) is 5.10 Å². The third-order valence-electron chi connectivity index (χ3n) is 3.96. The van der Waals surface area contributed by atoms with Crippen molar-refractivity contribution in [3.8, 4) is 5.69 Å². The zero-order valence-corrected chi connectivity index (χ0v) is 13.0. The normalized spacial score (nSPS) is 18.8. The van der Waals surface area contributed by atoms with Crippen LogP contribution in [0.4, 0.5) is 0 Å². The van der Waals surface area contributed by atoms with Crippen molar-refractivity contribution >= 4 is 11.9 Å². The highest BCUT2D eigenvalue weighted by atomic mass is 16.5. The minimum absolute atomic E-state index is 0.144. The number of aromatic nitrogens is 3. The molecule has 0 radical (unpaired) electrons. The Labute approximate surface area is 138 Å². The molecule has 1 aliphatic rings. The lowest BCUT2D eigenvalue weighted by Crippen LogP contribution is -2.48. The highest BCUT2D eigenvalue weighted by Gasteiger charge is 2.31. The lowest BCUT2D eigenvalue weighted by atomic mass is 9.93. The molecule has 0 aromatic carbocycles. The minimum Gasteiger partial charge on any atom is -0.480 e. The van der Waals surface area contributed by atoms with Crippen LogP contribution >= 0.6 is 0 Å². The molecular formula is C16H18N4O4. The average molecular weight is 330 g/mol. The van der Waals surface area contributed by atoms with Gasteiger partial charge in [-0.05, 0) is 31.0 Å². The zero-order valence-electron chi connectivity index (χ0n) is 13.0. The summed E-state index contributed by atoms with van der Waals surface area (Å²) < 4.78 is 6.93. The van der Waals surface area contributed by atoms with E-state index in [1.807, 2.05) is 0 Å². The predicted octanol–water partition coefficient (Wildman–Crippen LogP) is 0.877. The average Bonchev–Trinajstić information content (AvgIpc) is 3.15. The maximum Gasteiger partial charge on any atom is 0.326 e. The fourth-order valence-electron chi connectivity index (χ4n) is 2.73. The molecule has 2 aromatic rings. The summed E-state index contributed by atoms with van der Waals surface area (Å²) in [6.07, 6.45) is 6.36. The maximum absolute atomic E-state index is 12.4. The topological polar surface area (TPSA) is 106 Å². The number of ether oxygens (including phenoxy) is 1. The molecule has 3 heterocycles. The quantitative estimate of drug-likeness (QED) is 0.843. The Balaban J connectivity index is 1.75. The number of carbonyl (C=O) groups excluding carboxylic acids is 1. The second-order valence-corrected chi connectivity index (χ2v) is 5.62. The molecule has 2 aromatic heterocycles. The molecule has 0 saturated carbocycles. The van der Waals surface area contributed by atoms with Gasteiger partial charge in [0.25, 0.3) is 5.91 Å². The van der Waals surface area contributed by atoms with Crippen molar-refractivity contribution in [3.05, 3.63) is 42.5 Å². The van der Waals surface area contributed by atoms with Gasteiger partial charge in [0, 0.05) is 31.1 Å². The number of nitrogens with one attached hydrogen (secondary N) is 1. The van der Waals surface area contributed by atoms with Gasteiger partial charge in [-0.25, -0.2) is 9.48 Å². The second-order valence-electron chi connectivity index (χ2n) is 5.62. The number of aliphatic carboxylic acids is 1. The number of rotatable bonds is 5. The smallest absolute Gasteiger partial charge is 0.326 e. The van der Waals surface area contributed by atoms with Crippen molar-refractivity contribution in [2.45, 2.75) is 18.9 Å². The molecule has 126 valence electrons. The molecule has 3 rings (SSSR count). The van der Waals surface area contributed by atoms with Crippen molar-refractivity contribution in [2.24, 2.45) is 5.92 Å². The van der Waals surface area contributed by atoms with Gasteiger partial charge in [0.15, 0.2) is 0 Å². The minimum atomic E-state index is -1.07. The van der Waals surface area contributed by atoms with E-state index in [0.717, 1.165) is 6.42 Å². The SMILES string of the molecule is O=C(NC(C(=O)O)C1CCCOC1)c1cc(-n2cccn2)ccn1. The van der Waals surface area contributed by atoms with Crippen LogP contribution < -0.4 is 5.32 Å². The summed E-state index contributed by atoms with van der Waals surface area (Å²) in [5, 5.41) is 16.1. The Bertz CT molecular complexity index is 711. The van der Waals surface area contributed by atoms with E-state index in [9.17, 15) is 14.7 Å². The van der Waals surface area contributed by atoms with E-state index in [2.05, 4.69) is 15.4 Å². The summed E-state index contributed by atoms with van der Waals surface area (Å²) >= 11 is 0. The van der Waals surface area contributed by atoms with Gasteiger partial charge in [-0.15, -0.1) is 0 Å².